The lowest BCUT2D eigenvalue weighted by Crippen LogP contribution is -2.36. The van der Waals surface area contributed by atoms with Gasteiger partial charge in [-0.1, -0.05) is 0 Å². The normalized spacial score (nSPS) is 21.6. The van der Waals surface area contributed by atoms with Gasteiger partial charge < -0.3 is 9.30 Å². The highest BCUT2D eigenvalue weighted by molar-refractivity contribution is 7.11. The Morgan fingerprint density at radius 2 is 2.22 bits per heavy atom. The first kappa shape index (κ1) is 15.4. The van der Waals surface area contributed by atoms with Crippen molar-refractivity contribution in [2.45, 2.75) is 45.3 Å². The molecule has 0 bridgehead atoms. The third kappa shape index (κ3) is 3.37. The highest BCUT2D eigenvalue weighted by atomic mass is 32.1. The number of aryl methyl sites for hydroxylation is 1. The Hall–Kier alpha value is -1.17. The molecule has 23 heavy (non-hydrogen) atoms. The summed E-state index contributed by atoms with van der Waals surface area (Å²) in [6.45, 7) is 7.15. The molecule has 1 aliphatic carbocycles. The summed E-state index contributed by atoms with van der Waals surface area (Å²) < 4.78 is 7.93. The molecule has 4 nitrogen and oxygen atoms in total. The van der Waals surface area contributed by atoms with Crippen LogP contribution in [-0.4, -0.2) is 34.7 Å². The molecule has 1 atom stereocenters. The van der Waals surface area contributed by atoms with Crippen LogP contribution in [0.4, 0.5) is 0 Å². The van der Waals surface area contributed by atoms with Crippen LogP contribution in [0.25, 0.3) is 0 Å². The molecule has 0 amide bonds. The van der Waals surface area contributed by atoms with Crippen LogP contribution < -0.4 is 0 Å². The molecule has 5 heteroatoms. The van der Waals surface area contributed by atoms with Gasteiger partial charge in [-0.3, -0.25) is 4.90 Å². The maximum atomic E-state index is 5.52. The number of nitrogens with zero attached hydrogens (tertiary/aromatic N) is 3. The van der Waals surface area contributed by atoms with Crippen LogP contribution in [-0.2, 0) is 24.4 Å². The predicted molar refractivity (Wildman–Crippen MR) is 92.7 cm³/mol. The second-order valence-electron chi connectivity index (χ2n) is 7.01. The maximum absolute atomic E-state index is 5.52. The van der Waals surface area contributed by atoms with Gasteiger partial charge in [-0.05, 0) is 37.8 Å². The van der Waals surface area contributed by atoms with Crippen molar-refractivity contribution in [1.29, 1.82) is 0 Å². The SMILES string of the molecule is COC[C@@H]1CN(Cc2ccc(C)s2)Cc2ncn(CC3CC3)c21. The van der Waals surface area contributed by atoms with Gasteiger partial charge in [0, 0.05) is 54.7 Å². The van der Waals surface area contributed by atoms with Crippen molar-refractivity contribution >= 4 is 11.3 Å². The van der Waals surface area contributed by atoms with E-state index in [2.05, 4.69) is 34.9 Å². The average Bonchev–Trinajstić information content (AvgIpc) is 3.11. The first-order valence-electron chi connectivity index (χ1n) is 8.53. The molecule has 2 aromatic rings. The van der Waals surface area contributed by atoms with E-state index in [0.717, 1.165) is 38.7 Å². The molecule has 1 fully saturated rings. The second kappa shape index (κ2) is 6.38. The fraction of sp³-hybridized carbons (Fsp3) is 0.611. The molecule has 4 rings (SSSR count). The van der Waals surface area contributed by atoms with E-state index in [1.165, 1.54) is 34.0 Å². The van der Waals surface area contributed by atoms with E-state index < -0.39 is 0 Å². The summed E-state index contributed by atoms with van der Waals surface area (Å²) >= 11 is 1.90. The molecule has 1 saturated carbocycles. The summed E-state index contributed by atoms with van der Waals surface area (Å²) in [5, 5.41) is 0. The topological polar surface area (TPSA) is 30.3 Å². The Kier molecular flexibility index (Phi) is 4.26. The Bertz CT molecular complexity index is 674. The van der Waals surface area contributed by atoms with E-state index in [0.29, 0.717) is 5.92 Å². The molecule has 1 aliphatic heterocycles. The van der Waals surface area contributed by atoms with Crippen molar-refractivity contribution in [2.24, 2.45) is 5.92 Å². The van der Waals surface area contributed by atoms with Crippen molar-refractivity contribution in [3.63, 3.8) is 0 Å². The smallest absolute Gasteiger partial charge is 0.0952 e. The van der Waals surface area contributed by atoms with Crippen molar-refractivity contribution in [3.05, 3.63) is 39.6 Å². The van der Waals surface area contributed by atoms with Crippen LogP contribution >= 0.6 is 11.3 Å². The minimum absolute atomic E-state index is 0.436. The monoisotopic (exact) mass is 331 g/mol. The van der Waals surface area contributed by atoms with Crippen molar-refractivity contribution in [2.75, 3.05) is 20.3 Å². The number of thiophene rings is 1. The molecule has 0 aromatic carbocycles. The average molecular weight is 331 g/mol. The van der Waals surface area contributed by atoms with Gasteiger partial charge in [-0.25, -0.2) is 4.98 Å². The molecule has 0 N–H and O–H groups in total. The van der Waals surface area contributed by atoms with Crippen LogP contribution in [0.1, 0.15) is 39.9 Å². The van der Waals surface area contributed by atoms with Gasteiger partial charge in [0.1, 0.15) is 0 Å². The van der Waals surface area contributed by atoms with Crippen LogP contribution in [0.15, 0.2) is 18.5 Å². The van der Waals surface area contributed by atoms with Crippen LogP contribution in [0.5, 0.6) is 0 Å². The highest BCUT2D eigenvalue weighted by Crippen LogP contribution is 2.35. The summed E-state index contributed by atoms with van der Waals surface area (Å²) in [6, 6.07) is 4.47. The van der Waals surface area contributed by atoms with E-state index >= 15 is 0 Å². The van der Waals surface area contributed by atoms with Gasteiger partial charge >= 0.3 is 0 Å². The number of hydrogen-bond donors (Lipinski definition) is 0. The molecule has 3 heterocycles. The second-order valence-corrected chi connectivity index (χ2v) is 8.38. The van der Waals surface area contributed by atoms with E-state index in [1.54, 1.807) is 0 Å². The Morgan fingerprint density at radius 1 is 1.35 bits per heavy atom. The summed E-state index contributed by atoms with van der Waals surface area (Å²) in [7, 11) is 1.81. The summed E-state index contributed by atoms with van der Waals surface area (Å²) in [5.74, 6) is 1.31. The van der Waals surface area contributed by atoms with Gasteiger partial charge in [-0.2, -0.15) is 0 Å². The fourth-order valence-electron chi connectivity index (χ4n) is 3.67. The van der Waals surface area contributed by atoms with Crippen LogP contribution in [0, 0.1) is 12.8 Å². The van der Waals surface area contributed by atoms with Gasteiger partial charge in [0.15, 0.2) is 0 Å². The lowest BCUT2D eigenvalue weighted by atomic mass is 9.98. The van der Waals surface area contributed by atoms with E-state index in [-0.39, 0.29) is 0 Å². The summed E-state index contributed by atoms with van der Waals surface area (Å²) in [4.78, 5) is 10.1. The Balaban J connectivity index is 1.54. The quantitative estimate of drug-likeness (QED) is 0.812. The molecule has 0 unspecified atom stereocenters. The first-order valence-corrected chi connectivity index (χ1v) is 9.35. The highest BCUT2D eigenvalue weighted by Gasteiger charge is 2.31. The molecule has 0 spiro atoms. The third-order valence-corrected chi connectivity index (χ3v) is 5.88. The predicted octanol–water partition coefficient (Wildman–Crippen LogP) is 3.41. The fourth-order valence-corrected chi connectivity index (χ4v) is 4.60. The zero-order valence-electron chi connectivity index (χ0n) is 14.0. The number of ether oxygens (including phenoxy) is 1. The third-order valence-electron chi connectivity index (χ3n) is 4.89. The molecule has 124 valence electrons. The van der Waals surface area contributed by atoms with Crippen molar-refractivity contribution in [1.82, 2.24) is 14.5 Å². The number of imidazole rings is 1. The number of aromatic nitrogens is 2. The Morgan fingerprint density at radius 3 is 2.91 bits per heavy atom. The molecule has 0 radical (unpaired) electrons. The lowest BCUT2D eigenvalue weighted by Gasteiger charge is -2.32. The van der Waals surface area contributed by atoms with Gasteiger partial charge in [0.05, 0.1) is 18.6 Å². The molecule has 2 aliphatic rings. The largest absolute Gasteiger partial charge is 0.384 e. The lowest BCUT2D eigenvalue weighted by molar-refractivity contribution is 0.132. The van der Waals surface area contributed by atoms with E-state index in [1.807, 2.05) is 18.4 Å². The van der Waals surface area contributed by atoms with E-state index in [9.17, 15) is 0 Å². The molecule has 2 aromatic heterocycles. The minimum atomic E-state index is 0.436. The number of hydrogen-bond acceptors (Lipinski definition) is 4. The summed E-state index contributed by atoms with van der Waals surface area (Å²) in [5.41, 5.74) is 2.68. The van der Waals surface area contributed by atoms with Crippen LogP contribution in [0.3, 0.4) is 0 Å². The maximum Gasteiger partial charge on any atom is 0.0952 e. The number of methoxy groups -OCH3 is 1. The molecular weight excluding hydrogens is 306 g/mol. The van der Waals surface area contributed by atoms with Crippen LogP contribution in [0.2, 0.25) is 0 Å². The standard InChI is InChI=1S/C18H25N3OS/c1-13-3-6-16(23-13)9-20-8-15(11-22-2)18-17(10-20)19-12-21(18)7-14-4-5-14/h3,6,12,14-15H,4-5,7-11H2,1-2H3/t15-/m0/s1. The van der Waals surface area contributed by atoms with Crippen molar-refractivity contribution < 1.29 is 4.74 Å². The zero-order valence-corrected chi connectivity index (χ0v) is 14.8. The Labute approximate surface area is 142 Å². The number of rotatable bonds is 6. The molecule has 0 saturated heterocycles. The minimum Gasteiger partial charge on any atom is -0.384 e. The zero-order chi connectivity index (χ0) is 15.8. The van der Waals surface area contributed by atoms with Gasteiger partial charge in [-0.15, -0.1) is 11.3 Å². The first-order chi connectivity index (χ1) is 11.2. The van der Waals surface area contributed by atoms with Crippen molar-refractivity contribution in [3.8, 4) is 0 Å². The van der Waals surface area contributed by atoms with Gasteiger partial charge in [0.25, 0.3) is 0 Å². The number of fused-ring (bicyclic) bond motifs is 1. The summed E-state index contributed by atoms with van der Waals surface area (Å²) in [6.07, 6.45) is 4.82. The van der Waals surface area contributed by atoms with E-state index in [4.69, 9.17) is 9.72 Å². The van der Waals surface area contributed by atoms with Gasteiger partial charge in [0.2, 0.25) is 0 Å². The molecular formula is C18H25N3OS.